The second kappa shape index (κ2) is 8.80. The minimum Gasteiger partial charge on any atom is -0.487 e. The highest BCUT2D eigenvalue weighted by molar-refractivity contribution is 9.11. The number of pyridine rings is 1. The number of imidazole rings is 1. The molecule has 0 radical (unpaired) electrons. The number of hydrogen-bond donors (Lipinski definition) is 1. The molecule has 0 fully saturated rings. The number of carbonyl (C=O) groups excluding carboxylic acids is 1. The summed E-state index contributed by atoms with van der Waals surface area (Å²) in [4.78, 5) is 18.1. The van der Waals surface area contributed by atoms with Crippen molar-refractivity contribution in [2.45, 2.75) is 20.0 Å². The van der Waals surface area contributed by atoms with Crippen LogP contribution in [0.3, 0.4) is 0 Å². The number of hydrogen-bond acceptors (Lipinski definition) is 4. The Bertz CT molecular complexity index is 1130. The van der Waals surface area contributed by atoms with E-state index >= 15 is 0 Å². The van der Waals surface area contributed by atoms with E-state index in [1.165, 1.54) is 4.88 Å². The Morgan fingerprint density at radius 3 is 2.76 bits per heavy atom. The van der Waals surface area contributed by atoms with E-state index in [-0.39, 0.29) is 5.91 Å². The minimum atomic E-state index is -0.0806. The molecule has 0 atom stereocenters. The summed E-state index contributed by atoms with van der Waals surface area (Å²) >= 11 is 5.14. The lowest BCUT2D eigenvalue weighted by molar-refractivity contribution is 0.0954. The highest BCUT2D eigenvalue weighted by Gasteiger charge is 2.07. The predicted octanol–water partition coefficient (Wildman–Crippen LogP) is 5.02. The first-order chi connectivity index (χ1) is 14.1. The number of amides is 1. The Morgan fingerprint density at radius 1 is 1.21 bits per heavy atom. The van der Waals surface area contributed by atoms with Crippen molar-refractivity contribution in [3.63, 3.8) is 0 Å². The second-order valence-corrected chi connectivity index (χ2v) is 9.23. The van der Waals surface area contributed by atoms with Gasteiger partial charge in [-0.05, 0) is 77.3 Å². The zero-order valence-corrected chi connectivity index (χ0v) is 18.3. The molecule has 3 heterocycles. The first kappa shape index (κ1) is 19.7. The van der Waals surface area contributed by atoms with Crippen LogP contribution in [0.15, 0.2) is 64.7 Å². The lowest BCUT2D eigenvalue weighted by Gasteiger charge is -2.07. The Kier molecular flexibility index (Phi) is 5.97. The van der Waals surface area contributed by atoms with Crippen molar-refractivity contribution in [1.82, 2.24) is 14.7 Å². The van der Waals surface area contributed by atoms with Gasteiger partial charge in [0.15, 0.2) is 0 Å². The quantitative estimate of drug-likeness (QED) is 0.413. The van der Waals surface area contributed by atoms with Crippen LogP contribution in [-0.2, 0) is 13.0 Å². The molecule has 0 aliphatic heterocycles. The van der Waals surface area contributed by atoms with Crippen molar-refractivity contribution >= 4 is 38.8 Å². The van der Waals surface area contributed by atoms with Crippen LogP contribution in [-0.4, -0.2) is 21.8 Å². The van der Waals surface area contributed by atoms with Crippen LogP contribution in [0.2, 0.25) is 0 Å². The van der Waals surface area contributed by atoms with Crippen molar-refractivity contribution in [1.29, 1.82) is 0 Å². The number of ether oxygens (including phenoxy) is 1. The van der Waals surface area contributed by atoms with Crippen molar-refractivity contribution in [2.75, 3.05) is 6.54 Å². The summed E-state index contributed by atoms with van der Waals surface area (Å²) in [5, 5.41) is 2.95. The fourth-order valence-electron chi connectivity index (χ4n) is 3.02. The normalized spacial score (nSPS) is 11.0. The standard InChI is InChI=1S/C22H20BrN3O2S/c1-15-3-2-12-26-13-17(25-21(15)26)14-28-18-6-4-16(5-7-18)22(27)24-11-10-19-8-9-20(23)29-19/h2-9,12-13H,10-11,14H2,1H3,(H,24,27). The Labute approximate surface area is 181 Å². The molecular formula is C22H20BrN3O2S. The molecule has 4 aromatic rings. The summed E-state index contributed by atoms with van der Waals surface area (Å²) in [7, 11) is 0. The molecule has 1 aromatic carbocycles. The molecule has 148 valence electrons. The molecule has 0 aliphatic carbocycles. The molecule has 7 heteroatoms. The summed E-state index contributed by atoms with van der Waals surface area (Å²) in [5.74, 6) is 0.627. The van der Waals surface area contributed by atoms with Crippen LogP contribution < -0.4 is 10.1 Å². The maximum atomic E-state index is 12.3. The molecular weight excluding hydrogens is 450 g/mol. The summed E-state index contributed by atoms with van der Waals surface area (Å²) in [6.45, 7) is 3.02. The lowest BCUT2D eigenvalue weighted by Crippen LogP contribution is -2.25. The number of nitrogens with one attached hydrogen (secondary N) is 1. The largest absolute Gasteiger partial charge is 0.487 e. The highest BCUT2D eigenvalue weighted by Crippen LogP contribution is 2.22. The van der Waals surface area contributed by atoms with Gasteiger partial charge in [0.2, 0.25) is 0 Å². The van der Waals surface area contributed by atoms with E-state index < -0.39 is 0 Å². The number of nitrogens with zero attached hydrogens (tertiary/aromatic N) is 2. The fraction of sp³-hybridized carbons (Fsp3) is 0.182. The number of thiophene rings is 1. The smallest absolute Gasteiger partial charge is 0.251 e. The predicted molar refractivity (Wildman–Crippen MR) is 119 cm³/mol. The molecule has 1 amide bonds. The molecule has 0 saturated heterocycles. The first-order valence-corrected chi connectivity index (χ1v) is 10.9. The van der Waals surface area contributed by atoms with Gasteiger partial charge in [-0.2, -0.15) is 0 Å². The number of aromatic nitrogens is 2. The van der Waals surface area contributed by atoms with Crippen LogP contribution >= 0.6 is 27.3 Å². The maximum absolute atomic E-state index is 12.3. The third-order valence-corrected chi connectivity index (χ3v) is 6.20. The monoisotopic (exact) mass is 469 g/mol. The lowest BCUT2D eigenvalue weighted by atomic mass is 10.2. The summed E-state index contributed by atoms with van der Waals surface area (Å²) < 4.78 is 8.93. The van der Waals surface area contributed by atoms with Crippen molar-refractivity contribution in [3.05, 3.63) is 86.4 Å². The number of rotatable bonds is 7. The van der Waals surface area contributed by atoms with Crippen LogP contribution in [0.25, 0.3) is 5.65 Å². The van der Waals surface area contributed by atoms with E-state index in [2.05, 4.69) is 32.3 Å². The summed E-state index contributed by atoms with van der Waals surface area (Å²) in [6, 6.07) is 15.3. The molecule has 4 rings (SSSR count). The van der Waals surface area contributed by atoms with Gasteiger partial charge >= 0.3 is 0 Å². The van der Waals surface area contributed by atoms with Gasteiger partial charge in [-0.25, -0.2) is 4.98 Å². The van der Waals surface area contributed by atoms with Crippen LogP contribution in [0.1, 0.15) is 26.5 Å². The van der Waals surface area contributed by atoms with Gasteiger partial charge in [0.25, 0.3) is 5.91 Å². The van der Waals surface area contributed by atoms with Gasteiger partial charge in [0.1, 0.15) is 18.0 Å². The van der Waals surface area contributed by atoms with Crippen LogP contribution in [0, 0.1) is 6.92 Å². The third-order valence-electron chi connectivity index (χ3n) is 4.52. The number of halogens is 1. The third kappa shape index (κ3) is 4.86. The Hall–Kier alpha value is -2.64. The molecule has 0 aliphatic rings. The highest BCUT2D eigenvalue weighted by atomic mass is 79.9. The number of aryl methyl sites for hydroxylation is 1. The molecule has 5 nitrogen and oxygen atoms in total. The van der Waals surface area contributed by atoms with Crippen molar-refractivity contribution in [2.24, 2.45) is 0 Å². The number of fused-ring (bicyclic) bond motifs is 1. The Morgan fingerprint density at radius 2 is 2.03 bits per heavy atom. The van der Waals surface area contributed by atoms with E-state index in [1.54, 1.807) is 23.5 Å². The van der Waals surface area contributed by atoms with Crippen LogP contribution in [0.5, 0.6) is 5.75 Å². The van der Waals surface area contributed by atoms with E-state index in [4.69, 9.17) is 4.74 Å². The van der Waals surface area contributed by atoms with E-state index in [0.29, 0.717) is 24.5 Å². The Balaban J connectivity index is 1.30. The molecule has 0 bridgehead atoms. The average Bonchev–Trinajstić information content (AvgIpc) is 3.33. The van der Waals surface area contributed by atoms with Crippen LogP contribution in [0.4, 0.5) is 0 Å². The average molecular weight is 470 g/mol. The molecule has 1 N–H and O–H groups in total. The van der Waals surface area contributed by atoms with Gasteiger partial charge in [-0.1, -0.05) is 6.07 Å². The number of carbonyl (C=O) groups is 1. The van der Waals surface area contributed by atoms with E-state index in [1.807, 2.05) is 54.0 Å². The van der Waals surface area contributed by atoms with Gasteiger partial charge < -0.3 is 14.5 Å². The summed E-state index contributed by atoms with van der Waals surface area (Å²) in [5.41, 5.74) is 3.54. The summed E-state index contributed by atoms with van der Waals surface area (Å²) in [6.07, 6.45) is 4.77. The topological polar surface area (TPSA) is 55.6 Å². The maximum Gasteiger partial charge on any atom is 0.251 e. The molecule has 3 aromatic heterocycles. The number of benzene rings is 1. The molecule has 0 saturated carbocycles. The molecule has 0 spiro atoms. The zero-order valence-electron chi connectivity index (χ0n) is 15.9. The first-order valence-electron chi connectivity index (χ1n) is 9.27. The van der Waals surface area contributed by atoms with Crippen molar-refractivity contribution < 1.29 is 9.53 Å². The van der Waals surface area contributed by atoms with E-state index in [9.17, 15) is 4.79 Å². The fourth-order valence-corrected chi connectivity index (χ4v) is 4.50. The van der Waals surface area contributed by atoms with Gasteiger partial charge in [0, 0.05) is 29.4 Å². The second-order valence-electron chi connectivity index (χ2n) is 6.68. The van der Waals surface area contributed by atoms with Gasteiger partial charge in [0.05, 0.1) is 9.48 Å². The van der Waals surface area contributed by atoms with Crippen molar-refractivity contribution in [3.8, 4) is 5.75 Å². The zero-order chi connectivity index (χ0) is 20.2. The van der Waals surface area contributed by atoms with E-state index in [0.717, 1.165) is 27.1 Å². The molecule has 0 unspecified atom stereocenters. The van der Waals surface area contributed by atoms with Gasteiger partial charge in [-0.15, -0.1) is 11.3 Å². The minimum absolute atomic E-state index is 0.0806. The molecule has 29 heavy (non-hydrogen) atoms. The van der Waals surface area contributed by atoms with Gasteiger partial charge in [-0.3, -0.25) is 4.79 Å². The SMILES string of the molecule is Cc1cccn2cc(COc3ccc(C(=O)NCCc4ccc(Br)s4)cc3)nc12.